The quantitative estimate of drug-likeness (QED) is 0.780. The summed E-state index contributed by atoms with van der Waals surface area (Å²) in [6.45, 7) is 4.30. The van der Waals surface area contributed by atoms with Crippen molar-refractivity contribution in [3.8, 4) is 11.5 Å². The molecule has 0 bridgehead atoms. The van der Waals surface area contributed by atoms with Crippen molar-refractivity contribution in [3.63, 3.8) is 0 Å². The number of hydrogen-bond donors (Lipinski definition) is 1. The maximum atomic E-state index is 10.7. The molecule has 0 aromatic heterocycles. The van der Waals surface area contributed by atoms with Crippen LogP contribution in [0.4, 0.5) is 0 Å². The lowest BCUT2D eigenvalue weighted by Crippen LogP contribution is -2.07. The van der Waals surface area contributed by atoms with Crippen molar-refractivity contribution in [3.05, 3.63) is 65.7 Å². The van der Waals surface area contributed by atoms with Crippen LogP contribution in [0.15, 0.2) is 54.6 Å². The van der Waals surface area contributed by atoms with Crippen LogP contribution >= 0.6 is 0 Å². The number of aliphatic carboxylic acids is 1. The molecule has 2 aromatic rings. The standard InChI is InChI=1S/C19H20O4/c1-14(2)23-18-12-17(10-8-16(18)9-11-19(20)21)22-13-15-6-4-3-5-7-15/h3-12,14H,13H2,1-2H3,(H,20,21)/b11-9+. The van der Waals surface area contributed by atoms with Gasteiger partial charge in [0.1, 0.15) is 18.1 Å². The van der Waals surface area contributed by atoms with E-state index in [1.54, 1.807) is 18.2 Å². The first-order chi connectivity index (χ1) is 11.0. The van der Waals surface area contributed by atoms with Crippen LogP contribution in [0.2, 0.25) is 0 Å². The minimum atomic E-state index is -0.995. The number of benzene rings is 2. The maximum absolute atomic E-state index is 10.7. The van der Waals surface area contributed by atoms with Crippen LogP contribution in [0.5, 0.6) is 11.5 Å². The predicted molar refractivity (Wildman–Crippen MR) is 89.6 cm³/mol. The summed E-state index contributed by atoms with van der Waals surface area (Å²) in [7, 11) is 0. The monoisotopic (exact) mass is 312 g/mol. The van der Waals surface area contributed by atoms with Crippen molar-refractivity contribution >= 4 is 12.0 Å². The third kappa shape index (κ3) is 5.51. The Labute approximate surface area is 136 Å². The van der Waals surface area contributed by atoms with Crippen LogP contribution in [0.1, 0.15) is 25.0 Å². The summed E-state index contributed by atoms with van der Waals surface area (Å²) in [5.41, 5.74) is 1.78. The van der Waals surface area contributed by atoms with Gasteiger partial charge in [-0.15, -0.1) is 0 Å². The summed E-state index contributed by atoms with van der Waals surface area (Å²) >= 11 is 0. The van der Waals surface area contributed by atoms with Gasteiger partial charge in [-0.25, -0.2) is 4.79 Å². The molecule has 0 unspecified atom stereocenters. The number of rotatable bonds is 7. The van der Waals surface area contributed by atoms with E-state index in [9.17, 15) is 4.79 Å². The molecule has 4 heteroatoms. The molecular formula is C19H20O4. The van der Waals surface area contributed by atoms with E-state index in [0.717, 1.165) is 11.6 Å². The topological polar surface area (TPSA) is 55.8 Å². The number of carbonyl (C=O) groups is 1. The van der Waals surface area contributed by atoms with E-state index in [-0.39, 0.29) is 6.10 Å². The SMILES string of the molecule is CC(C)Oc1cc(OCc2ccccc2)ccc1/C=C/C(=O)O. The molecule has 0 spiro atoms. The van der Waals surface area contributed by atoms with Crippen molar-refractivity contribution in [2.24, 2.45) is 0 Å². The smallest absolute Gasteiger partial charge is 0.328 e. The van der Waals surface area contributed by atoms with Crippen LogP contribution in [0.3, 0.4) is 0 Å². The molecule has 2 aromatic carbocycles. The first-order valence-corrected chi connectivity index (χ1v) is 7.43. The Hall–Kier alpha value is -2.75. The molecule has 2 rings (SSSR count). The molecule has 23 heavy (non-hydrogen) atoms. The van der Waals surface area contributed by atoms with E-state index in [1.807, 2.05) is 44.2 Å². The van der Waals surface area contributed by atoms with E-state index in [4.69, 9.17) is 14.6 Å². The lowest BCUT2D eigenvalue weighted by molar-refractivity contribution is -0.131. The average Bonchev–Trinajstić information content (AvgIpc) is 2.52. The fraction of sp³-hybridized carbons (Fsp3) is 0.211. The Kier molecular flexibility index (Phi) is 5.80. The summed E-state index contributed by atoms with van der Waals surface area (Å²) in [6.07, 6.45) is 2.59. The second-order valence-corrected chi connectivity index (χ2v) is 5.31. The second kappa shape index (κ2) is 8.03. The molecule has 0 heterocycles. The highest BCUT2D eigenvalue weighted by Gasteiger charge is 2.07. The normalized spacial score (nSPS) is 10.9. The number of hydrogen-bond acceptors (Lipinski definition) is 3. The van der Waals surface area contributed by atoms with Crippen LogP contribution in [0.25, 0.3) is 6.08 Å². The highest BCUT2D eigenvalue weighted by molar-refractivity contribution is 5.86. The first-order valence-electron chi connectivity index (χ1n) is 7.43. The molecule has 0 saturated heterocycles. The molecule has 0 atom stereocenters. The molecule has 120 valence electrons. The zero-order valence-electron chi connectivity index (χ0n) is 13.2. The fourth-order valence-electron chi connectivity index (χ4n) is 2.00. The number of ether oxygens (including phenoxy) is 2. The summed E-state index contributed by atoms with van der Waals surface area (Å²) in [5, 5.41) is 8.76. The van der Waals surface area contributed by atoms with Gasteiger partial charge < -0.3 is 14.6 Å². The molecular weight excluding hydrogens is 292 g/mol. The highest BCUT2D eigenvalue weighted by atomic mass is 16.5. The summed E-state index contributed by atoms with van der Waals surface area (Å²) in [5.74, 6) is 0.282. The van der Waals surface area contributed by atoms with Gasteiger partial charge in [-0.3, -0.25) is 0 Å². The Morgan fingerprint density at radius 1 is 1.17 bits per heavy atom. The van der Waals surface area contributed by atoms with Crippen LogP contribution in [0, 0.1) is 0 Å². The molecule has 0 aliphatic rings. The molecule has 0 aliphatic carbocycles. The second-order valence-electron chi connectivity index (χ2n) is 5.31. The molecule has 0 radical (unpaired) electrons. The van der Waals surface area contributed by atoms with Crippen molar-refractivity contribution in [2.45, 2.75) is 26.6 Å². The van der Waals surface area contributed by atoms with Gasteiger partial charge in [0.05, 0.1) is 6.10 Å². The summed E-state index contributed by atoms with van der Waals surface area (Å²) in [6, 6.07) is 15.3. The van der Waals surface area contributed by atoms with Crippen LogP contribution < -0.4 is 9.47 Å². The van der Waals surface area contributed by atoms with Crippen molar-refractivity contribution < 1.29 is 19.4 Å². The molecule has 0 aliphatic heterocycles. The largest absolute Gasteiger partial charge is 0.490 e. The predicted octanol–water partition coefficient (Wildman–Crippen LogP) is 4.15. The first kappa shape index (κ1) is 16.6. The number of carboxylic acid groups (broad SMARTS) is 1. The van der Waals surface area contributed by atoms with E-state index in [2.05, 4.69) is 0 Å². The fourth-order valence-corrected chi connectivity index (χ4v) is 2.00. The maximum Gasteiger partial charge on any atom is 0.328 e. The summed E-state index contributed by atoms with van der Waals surface area (Å²) < 4.78 is 11.5. The lowest BCUT2D eigenvalue weighted by Gasteiger charge is -2.14. The zero-order chi connectivity index (χ0) is 16.7. The molecule has 4 nitrogen and oxygen atoms in total. The minimum Gasteiger partial charge on any atom is -0.490 e. The van der Waals surface area contributed by atoms with Crippen molar-refractivity contribution in [2.75, 3.05) is 0 Å². The Bertz CT molecular complexity index is 675. The van der Waals surface area contributed by atoms with Gasteiger partial charge in [0.25, 0.3) is 0 Å². The summed E-state index contributed by atoms with van der Waals surface area (Å²) in [4.78, 5) is 10.7. The molecule has 0 saturated carbocycles. The number of carboxylic acids is 1. The van der Waals surface area contributed by atoms with Gasteiger partial charge in [-0.2, -0.15) is 0 Å². The van der Waals surface area contributed by atoms with E-state index in [0.29, 0.717) is 23.7 Å². The van der Waals surface area contributed by atoms with Crippen molar-refractivity contribution in [1.29, 1.82) is 0 Å². The lowest BCUT2D eigenvalue weighted by atomic mass is 10.1. The van der Waals surface area contributed by atoms with E-state index in [1.165, 1.54) is 6.08 Å². The molecule has 0 amide bonds. The van der Waals surface area contributed by atoms with E-state index < -0.39 is 5.97 Å². The van der Waals surface area contributed by atoms with Gasteiger partial charge in [0, 0.05) is 17.7 Å². The van der Waals surface area contributed by atoms with Gasteiger partial charge in [0.2, 0.25) is 0 Å². The van der Waals surface area contributed by atoms with Gasteiger partial charge in [0.15, 0.2) is 0 Å². The molecule has 0 fully saturated rings. The van der Waals surface area contributed by atoms with Gasteiger partial charge in [-0.05, 0) is 37.6 Å². The Morgan fingerprint density at radius 2 is 1.91 bits per heavy atom. The van der Waals surface area contributed by atoms with Crippen molar-refractivity contribution in [1.82, 2.24) is 0 Å². The van der Waals surface area contributed by atoms with Gasteiger partial charge in [-0.1, -0.05) is 30.3 Å². The van der Waals surface area contributed by atoms with E-state index >= 15 is 0 Å². The third-order valence-electron chi connectivity index (χ3n) is 3.00. The van der Waals surface area contributed by atoms with Gasteiger partial charge >= 0.3 is 5.97 Å². The molecule has 1 N–H and O–H groups in total. The van der Waals surface area contributed by atoms with Crippen LogP contribution in [-0.2, 0) is 11.4 Å². The highest BCUT2D eigenvalue weighted by Crippen LogP contribution is 2.27. The Balaban J connectivity index is 2.16. The average molecular weight is 312 g/mol. The zero-order valence-corrected chi connectivity index (χ0v) is 13.2. The van der Waals surface area contributed by atoms with Crippen LogP contribution in [-0.4, -0.2) is 17.2 Å². The third-order valence-corrected chi connectivity index (χ3v) is 3.00. The minimum absolute atomic E-state index is 0.0173. The Morgan fingerprint density at radius 3 is 2.57 bits per heavy atom.